The maximum Gasteiger partial charge on any atom is 0.00958 e. The van der Waals surface area contributed by atoms with Crippen LogP contribution in [0.4, 0.5) is 0 Å². The van der Waals surface area contributed by atoms with Gasteiger partial charge in [0.1, 0.15) is 0 Å². The zero-order valence-corrected chi connectivity index (χ0v) is 9.76. The molecule has 1 saturated heterocycles. The summed E-state index contributed by atoms with van der Waals surface area (Å²) in [7, 11) is 0. The van der Waals surface area contributed by atoms with Crippen LogP contribution in [0.5, 0.6) is 0 Å². The van der Waals surface area contributed by atoms with Crippen molar-refractivity contribution in [3.8, 4) is 0 Å². The number of hydrogen-bond acceptors (Lipinski definition) is 1. The molecule has 0 bridgehead atoms. The first kappa shape index (κ1) is 10.5. The largest absolute Gasteiger partial charge is 0.314 e. The maximum atomic E-state index is 3.67. The normalized spacial score (nSPS) is 44.1. The average Bonchev–Trinajstić information content (AvgIpc) is 2.65. The molecule has 0 aromatic carbocycles. The molecule has 0 aromatic rings. The summed E-state index contributed by atoms with van der Waals surface area (Å²) in [6, 6.07) is 0.838. The van der Waals surface area contributed by atoms with E-state index in [0.717, 1.165) is 23.8 Å². The summed E-state index contributed by atoms with van der Waals surface area (Å²) >= 11 is 0. The first-order valence-electron chi connectivity index (χ1n) is 6.54. The van der Waals surface area contributed by atoms with Crippen molar-refractivity contribution in [3.05, 3.63) is 0 Å². The molecule has 1 heterocycles. The lowest BCUT2D eigenvalue weighted by molar-refractivity contribution is 0.188. The van der Waals surface area contributed by atoms with E-state index in [4.69, 9.17) is 0 Å². The quantitative estimate of drug-likeness (QED) is 0.713. The van der Waals surface area contributed by atoms with Crippen LogP contribution in [0, 0.1) is 17.8 Å². The Kier molecular flexibility index (Phi) is 3.48. The van der Waals surface area contributed by atoms with Gasteiger partial charge in [0, 0.05) is 6.04 Å². The molecule has 0 amide bonds. The molecule has 1 N–H and O–H groups in total. The van der Waals surface area contributed by atoms with Crippen molar-refractivity contribution in [3.63, 3.8) is 0 Å². The molecular weight excluding hydrogens is 170 g/mol. The minimum Gasteiger partial charge on any atom is -0.314 e. The van der Waals surface area contributed by atoms with Crippen molar-refractivity contribution in [2.75, 3.05) is 6.54 Å². The zero-order valence-electron chi connectivity index (χ0n) is 9.76. The lowest BCUT2D eigenvalue weighted by Crippen LogP contribution is -2.32. The Morgan fingerprint density at radius 3 is 2.79 bits per heavy atom. The van der Waals surface area contributed by atoms with E-state index in [2.05, 4.69) is 19.2 Å². The number of hydrogen-bond donors (Lipinski definition) is 1. The van der Waals surface area contributed by atoms with Gasteiger partial charge in [-0.1, -0.05) is 33.1 Å². The Morgan fingerprint density at radius 2 is 2.07 bits per heavy atom. The van der Waals surface area contributed by atoms with Crippen molar-refractivity contribution in [1.29, 1.82) is 0 Å². The molecule has 82 valence electrons. The summed E-state index contributed by atoms with van der Waals surface area (Å²) in [5.74, 6) is 3.04. The van der Waals surface area contributed by atoms with Crippen molar-refractivity contribution in [2.24, 2.45) is 17.8 Å². The topological polar surface area (TPSA) is 12.0 Å². The second kappa shape index (κ2) is 4.65. The summed E-state index contributed by atoms with van der Waals surface area (Å²) < 4.78 is 0. The van der Waals surface area contributed by atoms with Crippen molar-refractivity contribution in [2.45, 2.75) is 58.4 Å². The summed E-state index contributed by atoms with van der Waals surface area (Å²) in [5, 5.41) is 3.67. The average molecular weight is 195 g/mol. The fraction of sp³-hybridized carbons (Fsp3) is 1.00. The molecule has 0 radical (unpaired) electrons. The van der Waals surface area contributed by atoms with E-state index >= 15 is 0 Å². The van der Waals surface area contributed by atoms with Crippen LogP contribution >= 0.6 is 0 Å². The van der Waals surface area contributed by atoms with Crippen LogP contribution in [-0.4, -0.2) is 12.6 Å². The molecule has 4 atom stereocenters. The highest BCUT2D eigenvalue weighted by Crippen LogP contribution is 2.38. The SMILES string of the molecule is CCC1NCCC1C1CCCC(C)C1. The minimum absolute atomic E-state index is 0.838. The zero-order chi connectivity index (χ0) is 9.97. The Morgan fingerprint density at radius 1 is 1.21 bits per heavy atom. The molecule has 1 nitrogen and oxygen atoms in total. The van der Waals surface area contributed by atoms with Crippen LogP contribution < -0.4 is 5.32 Å². The fourth-order valence-electron chi connectivity index (χ4n) is 3.67. The molecule has 4 unspecified atom stereocenters. The van der Waals surface area contributed by atoms with Gasteiger partial charge in [0.15, 0.2) is 0 Å². The Hall–Kier alpha value is -0.0400. The van der Waals surface area contributed by atoms with E-state index in [0.29, 0.717) is 0 Å². The van der Waals surface area contributed by atoms with E-state index in [1.807, 2.05) is 0 Å². The lowest BCUT2D eigenvalue weighted by Gasteiger charge is -2.33. The molecule has 2 rings (SSSR count). The third-order valence-electron chi connectivity index (χ3n) is 4.42. The molecule has 14 heavy (non-hydrogen) atoms. The molecule has 1 aliphatic carbocycles. The highest BCUT2D eigenvalue weighted by atomic mass is 14.9. The summed E-state index contributed by atoms with van der Waals surface area (Å²) in [4.78, 5) is 0. The van der Waals surface area contributed by atoms with Crippen LogP contribution in [0.15, 0.2) is 0 Å². The van der Waals surface area contributed by atoms with Crippen LogP contribution in [0.1, 0.15) is 52.4 Å². The van der Waals surface area contributed by atoms with Crippen molar-refractivity contribution >= 4 is 0 Å². The van der Waals surface area contributed by atoms with Crippen LogP contribution in [0.2, 0.25) is 0 Å². The smallest absolute Gasteiger partial charge is 0.00958 e. The third kappa shape index (κ3) is 2.13. The third-order valence-corrected chi connectivity index (χ3v) is 4.42. The molecule has 0 aromatic heterocycles. The first-order valence-corrected chi connectivity index (χ1v) is 6.54. The van der Waals surface area contributed by atoms with Crippen LogP contribution in [-0.2, 0) is 0 Å². The molecule has 2 fully saturated rings. The Bertz CT molecular complexity index is 178. The Balaban J connectivity index is 1.92. The first-order chi connectivity index (χ1) is 6.81. The summed E-state index contributed by atoms with van der Waals surface area (Å²) in [6.07, 6.45) is 8.74. The van der Waals surface area contributed by atoms with Gasteiger partial charge in [-0.3, -0.25) is 0 Å². The highest BCUT2D eigenvalue weighted by molar-refractivity contribution is 4.89. The standard InChI is InChI=1S/C13H25N/c1-3-13-12(7-8-14-13)11-6-4-5-10(2)9-11/h10-14H,3-9H2,1-2H3. The van der Waals surface area contributed by atoms with Crippen molar-refractivity contribution in [1.82, 2.24) is 5.32 Å². The van der Waals surface area contributed by atoms with Gasteiger partial charge in [0.25, 0.3) is 0 Å². The minimum atomic E-state index is 0.838. The second-order valence-electron chi connectivity index (χ2n) is 5.45. The molecule has 2 aliphatic rings. The molecule has 1 saturated carbocycles. The highest BCUT2D eigenvalue weighted by Gasteiger charge is 2.34. The van der Waals surface area contributed by atoms with E-state index < -0.39 is 0 Å². The van der Waals surface area contributed by atoms with E-state index in [1.165, 1.54) is 45.1 Å². The monoisotopic (exact) mass is 195 g/mol. The van der Waals surface area contributed by atoms with Gasteiger partial charge in [-0.2, -0.15) is 0 Å². The number of nitrogens with one attached hydrogen (secondary N) is 1. The maximum absolute atomic E-state index is 3.67. The van der Waals surface area contributed by atoms with Gasteiger partial charge in [0.05, 0.1) is 0 Å². The number of rotatable bonds is 2. The molecule has 0 spiro atoms. The van der Waals surface area contributed by atoms with Gasteiger partial charge in [-0.05, 0) is 43.6 Å². The lowest BCUT2D eigenvalue weighted by atomic mass is 9.73. The van der Waals surface area contributed by atoms with Crippen LogP contribution in [0.25, 0.3) is 0 Å². The van der Waals surface area contributed by atoms with Gasteiger partial charge in [-0.25, -0.2) is 0 Å². The Labute approximate surface area is 88.7 Å². The van der Waals surface area contributed by atoms with Crippen LogP contribution in [0.3, 0.4) is 0 Å². The van der Waals surface area contributed by atoms with Crippen molar-refractivity contribution < 1.29 is 0 Å². The molecule has 1 aliphatic heterocycles. The van der Waals surface area contributed by atoms with Gasteiger partial charge in [0.2, 0.25) is 0 Å². The fourth-order valence-corrected chi connectivity index (χ4v) is 3.67. The summed E-state index contributed by atoms with van der Waals surface area (Å²) in [5.41, 5.74) is 0. The second-order valence-corrected chi connectivity index (χ2v) is 5.45. The van der Waals surface area contributed by atoms with Gasteiger partial charge >= 0.3 is 0 Å². The predicted molar refractivity (Wildman–Crippen MR) is 61.3 cm³/mol. The summed E-state index contributed by atoms with van der Waals surface area (Å²) in [6.45, 7) is 6.05. The molecular formula is C13H25N. The van der Waals surface area contributed by atoms with E-state index in [9.17, 15) is 0 Å². The van der Waals surface area contributed by atoms with E-state index in [1.54, 1.807) is 0 Å². The predicted octanol–water partition coefficient (Wildman–Crippen LogP) is 3.20. The van der Waals surface area contributed by atoms with E-state index in [-0.39, 0.29) is 0 Å². The molecule has 1 heteroatoms. The van der Waals surface area contributed by atoms with Gasteiger partial charge < -0.3 is 5.32 Å². The van der Waals surface area contributed by atoms with Gasteiger partial charge in [-0.15, -0.1) is 0 Å².